The molecule has 0 bridgehead atoms. The van der Waals surface area contributed by atoms with E-state index in [-0.39, 0.29) is 12.1 Å². The highest BCUT2D eigenvalue weighted by Gasteiger charge is 2.16. The van der Waals surface area contributed by atoms with Crippen molar-refractivity contribution in [2.45, 2.75) is 39.4 Å². The number of carbonyl (C=O) groups is 1. The highest BCUT2D eigenvalue weighted by Crippen LogP contribution is 2.04. The largest absolute Gasteiger partial charge is 0.334 e. The van der Waals surface area contributed by atoms with Crippen molar-refractivity contribution in [2.24, 2.45) is 5.92 Å². The van der Waals surface area contributed by atoms with Crippen LogP contribution in [0.4, 0.5) is 4.79 Å². The maximum absolute atomic E-state index is 11.7. The normalized spacial score (nSPS) is 18.8. The summed E-state index contributed by atoms with van der Waals surface area (Å²) in [6.45, 7) is 7.60. The fraction of sp³-hybridized carbons (Fsp3) is 0.692. The lowest BCUT2D eigenvalue weighted by Crippen LogP contribution is -2.42. The van der Waals surface area contributed by atoms with Crippen molar-refractivity contribution < 1.29 is 4.79 Å². The fourth-order valence-electron chi connectivity index (χ4n) is 2.24. The number of hydrogen-bond donors (Lipinski definition) is 3. The number of urea groups is 1. The molecule has 0 unspecified atom stereocenters. The Kier molecular flexibility index (Phi) is 4.79. The van der Waals surface area contributed by atoms with Crippen molar-refractivity contribution in [2.75, 3.05) is 13.1 Å². The summed E-state index contributed by atoms with van der Waals surface area (Å²) in [5.41, 5.74) is 1.04. The first-order chi connectivity index (χ1) is 9.15. The SMILES string of the molecule is CC(C)Cn1cncc1CNC(=O)N[C@@H]1CCNC1. The highest BCUT2D eigenvalue weighted by molar-refractivity contribution is 5.74. The standard InChI is InChI=1S/C13H23N5O/c1-10(2)8-18-9-15-6-12(18)7-16-13(19)17-11-3-4-14-5-11/h6,9-11,14H,3-5,7-8H2,1-2H3,(H2,16,17,19)/t11-/m1/s1. The van der Waals surface area contributed by atoms with Crippen LogP contribution in [0.3, 0.4) is 0 Å². The molecule has 106 valence electrons. The predicted octanol–water partition coefficient (Wildman–Crippen LogP) is 0.700. The predicted molar refractivity (Wildman–Crippen MR) is 73.7 cm³/mol. The van der Waals surface area contributed by atoms with Crippen LogP contribution < -0.4 is 16.0 Å². The maximum atomic E-state index is 11.7. The van der Waals surface area contributed by atoms with Gasteiger partial charge in [-0.1, -0.05) is 13.8 Å². The van der Waals surface area contributed by atoms with Crippen LogP contribution in [0.2, 0.25) is 0 Å². The number of carbonyl (C=O) groups excluding carboxylic acids is 1. The minimum absolute atomic E-state index is 0.106. The topological polar surface area (TPSA) is 71.0 Å². The van der Waals surface area contributed by atoms with E-state index in [2.05, 4.69) is 39.3 Å². The fourth-order valence-corrected chi connectivity index (χ4v) is 2.24. The number of imidazole rings is 1. The lowest BCUT2D eigenvalue weighted by Gasteiger charge is -2.14. The summed E-state index contributed by atoms with van der Waals surface area (Å²) in [6, 6.07) is 0.145. The number of amides is 2. The van der Waals surface area contributed by atoms with Crippen LogP contribution in [-0.4, -0.2) is 34.7 Å². The molecular weight excluding hydrogens is 242 g/mol. The van der Waals surface area contributed by atoms with Crippen LogP contribution >= 0.6 is 0 Å². The second kappa shape index (κ2) is 6.56. The summed E-state index contributed by atoms with van der Waals surface area (Å²) in [7, 11) is 0. The number of nitrogens with one attached hydrogen (secondary N) is 3. The molecule has 1 saturated heterocycles. The molecule has 6 heteroatoms. The lowest BCUT2D eigenvalue weighted by molar-refractivity contribution is 0.237. The van der Waals surface area contributed by atoms with Gasteiger partial charge in [-0.05, 0) is 18.9 Å². The third kappa shape index (κ3) is 4.24. The van der Waals surface area contributed by atoms with Gasteiger partial charge in [-0.3, -0.25) is 0 Å². The van der Waals surface area contributed by atoms with Crippen molar-refractivity contribution in [3.63, 3.8) is 0 Å². The molecule has 1 aromatic heterocycles. The Morgan fingerprint density at radius 1 is 1.63 bits per heavy atom. The van der Waals surface area contributed by atoms with Crippen LogP contribution in [-0.2, 0) is 13.1 Å². The molecule has 0 radical (unpaired) electrons. The van der Waals surface area contributed by atoms with E-state index in [1.807, 2.05) is 6.33 Å². The molecule has 0 saturated carbocycles. The van der Waals surface area contributed by atoms with E-state index in [9.17, 15) is 4.79 Å². The third-order valence-corrected chi connectivity index (χ3v) is 3.19. The summed E-state index contributed by atoms with van der Waals surface area (Å²) >= 11 is 0. The molecule has 0 aliphatic carbocycles. The van der Waals surface area contributed by atoms with Crippen LogP contribution in [0.5, 0.6) is 0 Å². The average molecular weight is 265 g/mol. The van der Waals surface area contributed by atoms with Crippen LogP contribution in [0.1, 0.15) is 26.0 Å². The molecule has 1 aliphatic heterocycles. The molecular formula is C13H23N5O. The second-order valence-electron chi connectivity index (χ2n) is 5.45. The van der Waals surface area contributed by atoms with Crippen molar-refractivity contribution in [3.05, 3.63) is 18.2 Å². The number of nitrogens with zero attached hydrogens (tertiary/aromatic N) is 2. The van der Waals surface area contributed by atoms with Gasteiger partial charge in [0.1, 0.15) is 0 Å². The number of aromatic nitrogens is 2. The van der Waals surface area contributed by atoms with Gasteiger partial charge in [0.15, 0.2) is 0 Å². The van der Waals surface area contributed by atoms with Crippen molar-refractivity contribution in [3.8, 4) is 0 Å². The van der Waals surface area contributed by atoms with Gasteiger partial charge in [0.25, 0.3) is 0 Å². The zero-order chi connectivity index (χ0) is 13.7. The number of hydrogen-bond acceptors (Lipinski definition) is 3. The third-order valence-electron chi connectivity index (χ3n) is 3.19. The Hall–Kier alpha value is -1.56. The van der Waals surface area contributed by atoms with Gasteiger partial charge >= 0.3 is 6.03 Å². The summed E-state index contributed by atoms with van der Waals surface area (Å²) in [5, 5.41) is 9.07. The van der Waals surface area contributed by atoms with Crippen molar-refractivity contribution >= 4 is 6.03 Å². The summed E-state index contributed by atoms with van der Waals surface area (Å²) in [5.74, 6) is 0.561. The van der Waals surface area contributed by atoms with Gasteiger partial charge in [0.05, 0.1) is 18.6 Å². The number of rotatable bonds is 5. The van der Waals surface area contributed by atoms with E-state index in [1.54, 1.807) is 6.20 Å². The van der Waals surface area contributed by atoms with Gasteiger partial charge in [-0.15, -0.1) is 0 Å². The van der Waals surface area contributed by atoms with E-state index in [0.29, 0.717) is 12.5 Å². The van der Waals surface area contributed by atoms with Gasteiger partial charge in [-0.2, -0.15) is 0 Å². The molecule has 2 rings (SSSR count). The molecule has 1 aromatic rings. The van der Waals surface area contributed by atoms with Gasteiger partial charge in [0.2, 0.25) is 0 Å². The van der Waals surface area contributed by atoms with Gasteiger partial charge in [-0.25, -0.2) is 9.78 Å². The van der Waals surface area contributed by atoms with Crippen molar-refractivity contribution in [1.29, 1.82) is 0 Å². The van der Waals surface area contributed by atoms with Gasteiger partial charge in [0, 0.05) is 25.3 Å². The summed E-state index contributed by atoms with van der Waals surface area (Å²) < 4.78 is 2.09. The molecule has 2 heterocycles. The Bertz CT molecular complexity index is 409. The van der Waals surface area contributed by atoms with E-state index >= 15 is 0 Å². The van der Waals surface area contributed by atoms with Gasteiger partial charge < -0.3 is 20.5 Å². The molecule has 2 amide bonds. The van der Waals surface area contributed by atoms with Crippen LogP contribution in [0.15, 0.2) is 12.5 Å². The molecule has 0 spiro atoms. The Morgan fingerprint density at radius 2 is 2.47 bits per heavy atom. The molecule has 3 N–H and O–H groups in total. The average Bonchev–Trinajstić information content (AvgIpc) is 2.97. The quantitative estimate of drug-likeness (QED) is 0.734. The van der Waals surface area contributed by atoms with E-state index < -0.39 is 0 Å². The smallest absolute Gasteiger partial charge is 0.315 e. The Balaban J connectivity index is 1.78. The van der Waals surface area contributed by atoms with E-state index in [0.717, 1.165) is 31.7 Å². The summed E-state index contributed by atoms with van der Waals surface area (Å²) in [4.78, 5) is 15.9. The lowest BCUT2D eigenvalue weighted by atomic mass is 10.2. The van der Waals surface area contributed by atoms with E-state index in [4.69, 9.17) is 0 Å². The van der Waals surface area contributed by atoms with Crippen molar-refractivity contribution in [1.82, 2.24) is 25.5 Å². The first-order valence-electron chi connectivity index (χ1n) is 6.89. The molecule has 19 heavy (non-hydrogen) atoms. The second-order valence-corrected chi connectivity index (χ2v) is 5.45. The van der Waals surface area contributed by atoms with E-state index in [1.165, 1.54) is 0 Å². The first kappa shape index (κ1) is 13.9. The Labute approximate surface area is 114 Å². The molecule has 1 atom stereocenters. The first-order valence-corrected chi connectivity index (χ1v) is 6.89. The maximum Gasteiger partial charge on any atom is 0.315 e. The molecule has 1 aliphatic rings. The minimum Gasteiger partial charge on any atom is -0.334 e. The minimum atomic E-state index is -0.106. The Morgan fingerprint density at radius 3 is 3.16 bits per heavy atom. The zero-order valence-electron chi connectivity index (χ0n) is 11.6. The summed E-state index contributed by atoms with van der Waals surface area (Å²) in [6.07, 6.45) is 4.62. The van der Waals surface area contributed by atoms with Crippen LogP contribution in [0.25, 0.3) is 0 Å². The highest BCUT2D eigenvalue weighted by atomic mass is 16.2. The molecule has 1 fully saturated rings. The molecule has 0 aromatic carbocycles. The zero-order valence-corrected chi connectivity index (χ0v) is 11.6. The van der Waals surface area contributed by atoms with Crippen LogP contribution in [0, 0.1) is 5.92 Å². The molecule has 6 nitrogen and oxygen atoms in total. The monoisotopic (exact) mass is 265 g/mol.